The van der Waals surface area contributed by atoms with Gasteiger partial charge in [0.1, 0.15) is 0 Å². The molecule has 29 heavy (non-hydrogen) atoms. The third-order valence-electron chi connectivity index (χ3n) is 6.26. The molecule has 1 fully saturated rings. The summed E-state index contributed by atoms with van der Waals surface area (Å²) in [6, 6.07) is 14.3. The number of hydrogen-bond donors (Lipinski definition) is 0. The SMILES string of the molecule is O=S1(=O)CCC(N(N=Cc2cc3c4c(c2)CCCN4CCC3)c2ccccc2)C1. The number of para-hydroxylation sites is 1. The van der Waals surface area contributed by atoms with Crippen molar-refractivity contribution in [2.75, 3.05) is 34.5 Å². The summed E-state index contributed by atoms with van der Waals surface area (Å²) in [6.07, 6.45) is 7.22. The van der Waals surface area contributed by atoms with Crippen molar-refractivity contribution in [3.63, 3.8) is 0 Å². The van der Waals surface area contributed by atoms with Crippen molar-refractivity contribution >= 4 is 27.4 Å². The summed E-state index contributed by atoms with van der Waals surface area (Å²) in [5, 5.41) is 6.71. The topological polar surface area (TPSA) is 53.0 Å². The van der Waals surface area contributed by atoms with Crippen LogP contribution in [-0.4, -0.2) is 45.3 Å². The van der Waals surface area contributed by atoms with Crippen molar-refractivity contribution in [1.29, 1.82) is 0 Å². The summed E-state index contributed by atoms with van der Waals surface area (Å²) in [6.45, 7) is 2.34. The van der Waals surface area contributed by atoms with Crippen molar-refractivity contribution < 1.29 is 8.42 Å². The molecule has 1 atom stereocenters. The molecule has 0 spiro atoms. The van der Waals surface area contributed by atoms with Gasteiger partial charge in [-0.3, -0.25) is 5.01 Å². The molecule has 0 N–H and O–H groups in total. The highest BCUT2D eigenvalue weighted by Gasteiger charge is 2.32. The number of nitrogens with zero attached hydrogens (tertiary/aromatic N) is 3. The Hall–Kier alpha value is -2.34. The zero-order chi connectivity index (χ0) is 19.8. The van der Waals surface area contributed by atoms with E-state index >= 15 is 0 Å². The number of hydrogen-bond acceptors (Lipinski definition) is 5. The van der Waals surface area contributed by atoms with Gasteiger partial charge in [0.2, 0.25) is 0 Å². The molecule has 2 aromatic carbocycles. The number of hydrazone groups is 1. The first-order valence-corrected chi connectivity index (χ1v) is 12.4. The van der Waals surface area contributed by atoms with Gasteiger partial charge in [-0.15, -0.1) is 0 Å². The summed E-state index contributed by atoms with van der Waals surface area (Å²) in [7, 11) is -2.97. The highest BCUT2D eigenvalue weighted by Crippen LogP contribution is 2.36. The van der Waals surface area contributed by atoms with Crippen molar-refractivity contribution in [3.05, 3.63) is 59.2 Å². The number of rotatable bonds is 4. The summed E-state index contributed by atoms with van der Waals surface area (Å²) in [5.41, 5.74) is 6.39. The molecule has 0 amide bonds. The first kappa shape index (κ1) is 18.7. The summed E-state index contributed by atoms with van der Waals surface area (Å²) in [5.74, 6) is 0.416. The van der Waals surface area contributed by atoms with Gasteiger partial charge < -0.3 is 4.90 Å². The van der Waals surface area contributed by atoms with Gasteiger partial charge in [0.15, 0.2) is 9.84 Å². The number of anilines is 2. The van der Waals surface area contributed by atoms with E-state index in [0.717, 1.165) is 24.1 Å². The van der Waals surface area contributed by atoms with Crippen molar-refractivity contribution in [2.45, 2.75) is 38.1 Å². The maximum atomic E-state index is 12.0. The van der Waals surface area contributed by atoms with Crippen LogP contribution in [0.15, 0.2) is 47.6 Å². The minimum atomic E-state index is -2.97. The van der Waals surface area contributed by atoms with Gasteiger partial charge in [-0.2, -0.15) is 5.10 Å². The fourth-order valence-electron chi connectivity index (χ4n) is 4.95. The maximum absolute atomic E-state index is 12.0. The molecule has 5 rings (SSSR count). The molecule has 3 heterocycles. The van der Waals surface area contributed by atoms with E-state index in [1.54, 1.807) is 0 Å². The largest absolute Gasteiger partial charge is 0.371 e. The Kier molecular flexibility index (Phi) is 4.82. The lowest BCUT2D eigenvalue weighted by atomic mass is 9.90. The number of aryl methyl sites for hydroxylation is 2. The predicted molar refractivity (Wildman–Crippen MR) is 119 cm³/mol. The van der Waals surface area contributed by atoms with Gasteiger partial charge in [0.05, 0.1) is 29.4 Å². The minimum absolute atomic E-state index is 0.106. The molecule has 3 aliphatic heterocycles. The molecule has 3 aliphatic rings. The molecule has 0 aromatic heterocycles. The molecule has 0 saturated carbocycles. The first-order chi connectivity index (χ1) is 14.1. The Balaban J connectivity index is 1.48. The van der Waals surface area contributed by atoms with Crippen molar-refractivity contribution in [2.24, 2.45) is 5.10 Å². The summed E-state index contributed by atoms with van der Waals surface area (Å²) in [4.78, 5) is 2.54. The molecular formula is C23H27N3O2S. The van der Waals surface area contributed by atoms with Crippen LogP contribution in [0, 0.1) is 0 Å². The van der Waals surface area contributed by atoms with Crippen LogP contribution in [0.4, 0.5) is 11.4 Å². The van der Waals surface area contributed by atoms with Crippen LogP contribution in [0.1, 0.15) is 36.0 Å². The van der Waals surface area contributed by atoms with E-state index in [9.17, 15) is 8.42 Å². The van der Waals surface area contributed by atoms with E-state index in [1.165, 1.54) is 42.7 Å². The molecule has 1 unspecified atom stereocenters. The Morgan fingerprint density at radius 2 is 1.72 bits per heavy atom. The molecule has 6 heteroatoms. The standard InChI is InChI=1S/C23H27N3O2S/c27-29(28)13-10-22(17-29)26(21-8-2-1-3-9-21)24-16-18-14-19-6-4-11-25-12-5-7-20(15-18)23(19)25/h1-3,8-9,14-16,22H,4-7,10-13,17H2. The molecule has 0 radical (unpaired) electrons. The van der Waals surface area contributed by atoms with E-state index in [0.29, 0.717) is 6.42 Å². The van der Waals surface area contributed by atoms with E-state index in [4.69, 9.17) is 5.10 Å². The van der Waals surface area contributed by atoms with Gasteiger partial charge in [0, 0.05) is 18.8 Å². The van der Waals surface area contributed by atoms with E-state index in [1.807, 2.05) is 41.6 Å². The molecule has 152 valence electrons. The predicted octanol–water partition coefficient (Wildman–Crippen LogP) is 3.41. The second-order valence-electron chi connectivity index (χ2n) is 8.36. The molecule has 5 nitrogen and oxygen atoms in total. The van der Waals surface area contributed by atoms with Gasteiger partial charge in [-0.1, -0.05) is 18.2 Å². The highest BCUT2D eigenvalue weighted by atomic mass is 32.2. The third-order valence-corrected chi connectivity index (χ3v) is 8.01. The molecular weight excluding hydrogens is 382 g/mol. The smallest absolute Gasteiger partial charge is 0.152 e. The maximum Gasteiger partial charge on any atom is 0.152 e. The zero-order valence-electron chi connectivity index (χ0n) is 16.6. The molecule has 2 aromatic rings. The average molecular weight is 410 g/mol. The normalized spacial score (nSPS) is 22.6. The van der Waals surface area contributed by atoms with Gasteiger partial charge in [-0.05, 0) is 73.1 Å². The first-order valence-electron chi connectivity index (χ1n) is 10.6. The van der Waals surface area contributed by atoms with Crippen LogP contribution in [0.3, 0.4) is 0 Å². The van der Waals surface area contributed by atoms with Crippen molar-refractivity contribution in [3.8, 4) is 0 Å². The van der Waals surface area contributed by atoms with Gasteiger partial charge in [0.25, 0.3) is 0 Å². The quantitative estimate of drug-likeness (QED) is 0.574. The van der Waals surface area contributed by atoms with Crippen molar-refractivity contribution in [1.82, 2.24) is 0 Å². The minimum Gasteiger partial charge on any atom is -0.371 e. The lowest BCUT2D eigenvalue weighted by Gasteiger charge is -2.37. The fraction of sp³-hybridized carbons (Fsp3) is 0.435. The van der Waals surface area contributed by atoms with Gasteiger partial charge >= 0.3 is 0 Å². The number of benzene rings is 2. The summed E-state index contributed by atoms with van der Waals surface area (Å²) >= 11 is 0. The zero-order valence-corrected chi connectivity index (χ0v) is 17.4. The second kappa shape index (κ2) is 7.48. The van der Waals surface area contributed by atoms with Crippen LogP contribution in [0.5, 0.6) is 0 Å². The van der Waals surface area contributed by atoms with Crippen LogP contribution in [-0.2, 0) is 22.7 Å². The molecule has 0 bridgehead atoms. The monoisotopic (exact) mass is 409 g/mol. The Morgan fingerprint density at radius 1 is 1.03 bits per heavy atom. The highest BCUT2D eigenvalue weighted by molar-refractivity contribution is 7.91. The van der Waals surface area contributed by atoms with Crippen LogP contribution in [0.2, 0.25) is 0 Å². The number of sulfone groups is 1. The second-order valence-corrected chi connectivity index (χ2v) is 10.6. The summed E-state index contributed by atoms with van der Waals surface area (Å²) < 4.78 is 24.1. The Morgan fingerprint density at radius 3 is 2.34 bits per heavy atom. The van der Waals surface area contributed by atoms with Crippen LogP contribution in [0.25, 0.3) is 0 Å². The van der Waals surface area contributed by atoms with Crippen LogP contribution < -0.4 is 9.91 Å². The molecule has 0 aliphatic carbocycles. The third kappa shape index (κ3) is 3.78. The van der Waals surface area contributed by atoms with E-state index in [2.05, 4.69) is 17.0 Å². The lowest BCUT2D eigenvalue weighted by Crippen LogP contribution is -2.34. The average Bonchev–Trinajstić information content (AvgIpc) is 3.09. The Labute approximate surface area is 172 Å². The Bertz CT molecular complexity index is 1000. The lowest BCUT2D eigenvalue weighted by molar-refractivity contribution is 0.600. The molecule has 1 saturated heterocycles. The van der Waals surface area contributed by atoms with E-state index in [-0.39, 0.29) is 17.5 Å². The van der Waals surface area contributed by atoms with Crippen LogP contribution >= 0.6 is 0 Å². The van der Waals surface area contributed by atoms with Gasteiger partial charge in [-0.25, -0.2) is 8.42 Å². The van der Waals surface area contributed by atoms with E-state index < -0.39 is 9.84 Å². The fourth-order valence-corrected chi connectivity index (χ4v) is 6.65.